The summed E-state index contributed by atoms with van der Waals surface area (Å²) in [6.07, 6.45) is 0.866. The van der Waals surface area contributed by atoms with E-state index in [0.717, 1.165) is 41.1 Å². The van der Waals surface area contributed by atoms with E-state index in [1.54, 1.807) is 0 Å². The highest BCUT2D eigenvalue weighted by Crippen LogP contribution is 2.20. The lowest BCUT2D eigenvalue weighted by molar-refractivity contribution is 0.340. The van der Waals surface area contributed by atoms with Crippen LogP contribution in [-0.4, -0.2) is 23.1 Å². The van der Waals surface area contributed by atoms with Gasteiger partial charge in [-0.1, -0.05) is 23.7 Å². The fourth-order valence-electron chi connectivity index (χ4n) is 2.70. The van der Waals surface area contributed by atoms with Crippen LogP contribution in [0.3, 0.4) is 0 Å². The van der Waals surface area contributed by atoms with E-state index in [1.165, 1.54) is 5.56 Å². The molecule has 0 radical (unpaired) electrons. The Hall–Kier alpha value is -2.79. The van der Waals surface area contributed by atoms with E-state index in [0.29, 0.717) is 12.4 Å². The molecule has 0 unspecified atom stereocenters. The number of nitrogens with zero attached hydrogens (tertiary/aromatic N) is 2. The van der Waals surface area contributed by atoms with Crippen molar-refractivity contribution in [2.24, 2.45) is 0 Å². The Balaban J connectivity index is 1.61. The summed E-state index contributed by atoms with van der Waals surface area (Å²) in [7, 11) is 0. The summed E-state index contributed by atoms with van der Waals surface area (Å²) in [5.74, 6) is 3.09. The highest BCUT2D eigenvalue weighted by Gasteiger charge is 2.03. The predicted octanol–water partition coefficient (Wildman–Crippen LogP) is 5.24. The molecular formula is C21H23ClN4O. The van der Waals surface area contributed by atoms with E-state index in [2.05, 4.69) is 26.7 Å². The fraction of sp³-hybridized carbons (Fsp3) is 0.238. The van der Waals surface area contributed by atoms with E-state index < -0.39 is 0 Å². The smallest absolute Gasteiger partial charge is 0.136 e. The number of aromatic nitrogens is 2. The largest absolute Gasteiger partial charge is 0.494 e. The van der Waals surface area contributed by atoms with Gasteiger partial charge in [0.2, 0.25) is 0 Å². The minimum atomic E-state index is 0.655. The van der Waals surface area contributed by atoms with Crippen LogP contribution in [0.25, 0.3) is 0 Å². The topological polar surface area (TPSA) is 59.1 Å². The lowest BCUT2D eigenvalue weighted by Crippen LogP contribution is -2.08. The molecule has 2 N–H and O–H groups in total. The van der Waals surface area contributed by atoms with E-state index >= 15 is 0 Å². The minimum Gasteiger partial charge on any atom is -0.494 e. The zero-order chi connectivity index (χ0) is 19.1. The van der Waals surface area contributed by atoms with E-state index in [9.17, 15) is 0 Å². The molecule has 0 saturated carbocycles. The average Bonchev–Trinajstić information content (AvgIpc) is 2.63. The first kappa shape index (κ1) is 19.0. The Kier molecular flexibility index (Phi) is 6.49. The van der Waals surface area contributed by atoms with Crippen molar-refractivity contribution in [3.63, 3.8) is 0 Å². The molecule has 3 rings (SSSR count). The zero-order valence-corrected chi connectivity index (χ0v) is 16.3. The molecule has 0 bridgehead atoms. The van der Waals surface area contributed by atoms with E-state index in [-0.39, 0.29) is 0 Å². The van der Waals surface area contributed by atoms with Crippen molar-refractivity contribution < 1.29 is 4.74 Å². The Morgan fingerprint density at radius 1 is 1.00 bits per heavy atom. The van der Waals surface area contributed by atoms with Crippen molar-refractivity contribution >= 4 is 28.9 Å². The molecule has 1 aromatic heterocycles. The van der Waals surface area contributed by atoms with Gasteiger partial charge in [-0.05, 0) is 62.2 Å². The average molecular weight is 383 g/mol. The maximum Gasteiger partial charge on any atom is 0.136 e. The summed E-state index contributed by atoms with van der Waals surface area (Å²) in [5, 5.41) is 7.41. The highest BCUT2D eigenvalue weighted by atomic mass is 35.5. The third kappa shape index (κ3) is 5.86. The molecule has 0 aliphatic heterocycles. The first-order valence-corrected chi connectivity index (χ1v) is 9.34. The van der Waals surface area contributed by atoms with Gasteiger partial charge < -0.3 is 15.4 Å². The lowest BCUT2D eigenvalue weighted by atomic mass is 10.1. The summed E-state index contributed by atoms with van der Waals surface area (Å²) >= 11 is 6.03. The number of aryl methyl sites for hydroxylation is 1. The molecule has 0 atom stereocenters. The van der Waals surface area contributed by atoms with Gasteiger partial charge in [0, 0.05) is 23.3 Å². The molecule has 3 aromatic rings. The molecule has 0 aliphatic rings. The Morgan fingerprint density at radius 3 is 2.52 bits per heavy atom. The molecule has 0 aliphatic carbocycles. The summed E-state index contributed by atoms with van der Waals surface area (Å²) in [6.45, 7) is 5.27. The van der Waals surface area contributed by atoms with Crippen LogP contribution in [0.1, 0.15) is 18.3 Å². The van der Waals surface area contributed by atoms with Gasteiger partial charge in [-0.3, -0.25) is 0 Å². The van der Waals surface area contributed by atoms with Crippen LogP contribution in [0, 0.1) is 6.92 Å². The van der Waals surface area contributed by atoms with E-state index in [1.807, 2.05) is 62.4 Å². The van der Waals surface area contributed by atoms with Crippen molar-refractivity contribution in [2.45, 2.75) is 20.3 Å². The molecule has 0 amide bonds. The zero-order valence-electron chi connectivity index (χ0n) is 15.5. The predicted molar refractivity (Wildman–Crippen MR) is 111 cm³/mol. The van der Waals surface area contributed by atoms with Crippen molar-refractivity contribution in [3.05, 3.63) is 71.0 Å². The normalized spacial score (nSPS) is 10.5. The minimum absolute atomic E-state index is 0.655. The number of benzene rings is 2. The first-order chi connectivity index (χ1) is 13.1. The van der Waals surface area contributed by atoms with Gasteiger partial charge in [0.1, 0.15) is 23.2 Å². The molecule has 27 heavy (non-hydrogen) atoms. The van der Waals surface area contributed by atoms with Gasteiger partial charge in [0.05, 0.1) is 6.61 Å². The van der Waals surface area contributed by atoms with Crippen molar-refractivity contribution in [1.82, 2.24) is 9.97 Å². The summed E-state index contributed by atoms with van der Waals surface area (Å²) in [5.41, 5.74) is 2.13. The molecule has 0 saturated heterocycles. The van der Waals surface area contributed by atoms with Crippen molar-refractivity contribution in [3.8, 4) is 5.75 Å². The van der Waals surface area contributed by atoms with Crippen molar-refractivity contribution in [1.29, 1.82) is 0 Å². The molecule has 0 fully saturated rings. The maximum atomic E-state index is 6.03. The molecule has 6 heteroatoms. The number of halogens is 1. The summed E-state index contributed by atoms with van der Waals surface area (Å²) in [6, 6.07) is 17.6. The Labute approximate surface area is 164 Å². The number of rotatable bonds is 8. The SMILES string of the molecule is CCOc1ccc(Nc2cc(NCCc3cccc(Cl)c3)nc(C)n2)cc1. The van der Waals surface area contributed by atoms with Gasteiger partial charge in [-0.25, -0.2) is 9.97 Å². The standard InChI is InChI=1S/C21H23ClN4O/c1-3-27-19-9-7-18(8-10-19)26-21-14-20(24-15(2)25-21)23-12-11-16-5-4-6-17(22)13-16/h4-10,13-14H,3,11-12H2,1-2H3,(H2,23,24,25,26). The molecule has 1 heterocycles. The van der Waals surface area contributed by atoms with Crippen LogP contribution >= 0.6 is 11.6 Å². The second kappa shape index (κ2) is 9.24. The van der Waals surface area contributed by atoms with Gasteiger partial charge in [0.15, 0.2) is 0 Å². The van der Waals surface area contributed by atoms with E-state index in [4.69, 9.17) is 16.3 Å². The quantitative estimate of drug-likeness (QED) is 0.558. The third-order valence-corrected chi connectivity index (χ3v) is 4.12. The first-order valence-electron chi connectivity index (χ1n) is 8.96. The molecule has 0 spiro atoms. The number of nitrogens with one attached hydrogen (secondary N) is 2. The summed E-state index contributed by atoms with van der Waals surface area (Å²) in [4.78, 5) is 8.91. The van der Waals surface area contributed by atoms with Crippen LogP contribution in [0.15, 0.2) is 54.6 Å². The number of ether oxygens (including phenoxy) is 1. The summed E-state index contributed by atoms with van der Waals surface area (Å²) < 4.78 is 5.47. The second-order valence-corrected chi connectivity index (χ2v) is 6.51. The lowest BCUT2D eigenvalue weighted by Gasteiger charge is -2.11. The maximum absolute atomic E-state index is 6.03. The Morgan fingerprint density at radius 2 is 1.78 bits per heavy atom. The third-order valence-electron chi connectivity index (χ3n) is 3.88. The fourth-order valence-corrected chi connectivity index (χ4v) is 2.91. The van der Waals surface area contributed by atoms with Gasteiger partial charge in [-0.15, -0.1) is 0 Å². The number of anilines is 3. The van der Waals surface area contributed by atoms with Gasteiger partial charge >= 0.3 is 0 Å². The van der Waals surface area contributed by atoms with Gasteiger partial charge in [0.25, 0.3) is 0 Å². The van der Waals surface area contributed by atoms with Crippen LogP contribution in [0.5, 0.6) is 5.75 Å². The van der Waals surface area contributed by atoms with Crippen LogP contribution in [0.4, 0.5) is 17.3 Å². The van der Waals surface area contributed by atoms with Crippen LogP contribution < -0.4 is 15.4 Å². The molecule has 140 valence electrons. The second-order valence-electron chi connectivity index (χ2n) is 6.07. The van der Waals surface area contributed by atoms with Gasteiger partial charge in [-0.2, -0.15) is 0 Å². The Bertz CT molecular complexity index is 884. The van der Waals surface area contributed by atoms with Crippen molar-refractivity contribution in [2.75, 3.05) is 23.8 Å². The monoisotopic (exact) mass is 382 g/mol. The number of hydrogen-bond acceptors (Lipinski definition) is 5. The van der Waals surface area contributed by atoms with Crippen LogP contribution in [-0.2, 0) is 6.42 Å². The van der Waals surface area contributed by atoms with Crippen LogP contribution in [0.2, 0.25) is 5.02 Å². The number of hydrogen-bond donors (Lipinski definition) is 2. The molecule has 2 aromatic carbocycles. The molecule has 5 nitrogen and oxygen atoms in total. The molecular weight excluding hydrogens is 360 g/mol. The highest BCUT2D eigenvalue weighted by molar-refractivity contribution is 6.30.